The van der Waals surface area contributed by atoms with Gasteiger partial charge in [0.1, 0.15) is 9.94 Å². The Hall–Kier alpha value is -1.79. The van der Waals surface area contributed by atoms with E-state index < -0.39 is 10.1 Å². The molecule has 0 bridgehead atoms. The van der Waals surface area contributed by atoms with Gasteiger partial charge >= 0.3 is 10.1 Å². The van der Waals surface area contributed by atoms with Crippen LogP contribution in [0.4, 0.5) is 0 Å². The topological polar surface area (TPSA) is 55.7 Å². The van der Waals surface area contributed by atoms with Gasteiger partial charge in [-0.3, -0.25) is 4.28 Å². The van der Waals surface area contributed by atoms with Gasteiger partial charge in [-0.15, -0.1) is 0 Å². The van der Waals surface area contributed by atoms with Crippen molar-refractivity contribution in [2.45, 2.75) is 36.5 Å². The SMILES string of the molecule is CCCC(=NOS(=O)(=O)c1ccc(C)cc1)Sc1ccccc1. The van der Waals surface area contributed by atoms with E-state index in [9.17, 15) is 8.42 Å². The van der Waals surface area contributed by atoms with Crippen molar-refractivity contribution >= 4 is 26.9 Å². The van der Waals surface area contributed by atoms with Crippen LogP contribution in [0.25, 0.3) is 0 Å². The van der Waals surface area contributed by atoms with Crippen molar-refractivity contribution in [3.8, 4) is 0 Å². The Morgan fingerprint density at radius 1 is 1.09 bits per heavy atom. The van der Waals surface area contributed by atoms with Crippen LogP contribution >= 0.6 is 11.8 Å². The van der Waals surface area contributed by atoms with Gasteiger partial charge in [-0.1, -0.05) is 59.7 Å². The fourth-order valence-corrected chi connectivity index (χ4v) is 3.53. The maximum absolute atomic E-state index is 12.2. The van der Waals surface area contributed by atoms with Gasteiger partial charge in [0.2, 0.25) is 0 Å². The van der Waals surface area contributed by atoms with E-state index >= 15 is 0 Å². The summed E-state index contributed by atoms with van der Waals surface area (Å²) in [6.07, 6.45) is 1.51. The van der Waals surface area contributed by atoms with Gasteiger partial charge in [-0.25, -0.2) is 0 Å². The van der Waals surface area contributed by atoms with E-state index in [0.29, 0.717) is 11.5 Å². The molecule has 0 N–H and O–H groups in total. The van der Waals surface area contributed by atoms with Crippen LogP contribution in [0.2, 0.25) is 0 Å². The lowest BCUT2D eigenvalue weighted by atomic mass is 10.2. The van der Waals surface area contributed by atoms with Crippen LogP contribution in [0.5, 0.6) is 0 Å². The molecule has 23 heavy (non-hydrogen) atoms. The molecule has 122 valence electrons. The molecule has 0 aliphatic rings. The van der Waals surface area contributed by atoms with Crippen molar-refractivity contribution in [2.75, 3.05) is 0 Å². The van der Waals surface area contributed by atoms with Crippen molar-refractivity contribution in [1.29, 1.82) is 0 Å². The highest BCUT2D eigenvalue weighted by Gasteiger charge is 2.16. The third-order valence-electron chi connectivity index (χ3n) is 2.99. The predicted molar refractivity (Wildman–Crippen MR) is 94.1 cm³/mol. The summed E-state index contributed by atoms with van der Waals surface area (Å²) < 4.78 is 29.2. The normalized spacial score (nSPS) is 12.2. The first kappa shape index (κ1) is 17.6. The number of oxime groups is 1. The van der Waals surface area contributed by atoms with E-state index in [-0.39, 0.29) is 4.90 Å². The molecule has 0 amide bonds. The summed E-state index contributed by atoms with van der Waals surface area (Å²) in [4.78, 5) is 1.10. The van der Waals surface area contributed by atoms with Gasteiger partial charge in [0.05, 0.1) is 0 Å². The molecule has 0 aliphatic carbocycles. The molecule has 2 aromatic carbocycles. The van der Waals surface area contributed by atoms with Gasteiger partial charge in [0, 0.05) is 4.90 Å². The minimum absolute atomic E-state index is 0.104. The van der Waals surface area contributed by atoms with Crippen LogP contribution in [0.1, 0.15) is 25.3 Å². The molecule has 0 fully saturated rings. The maximum atomic E-state index is 12.2. The van der Waals surface area contributed by atoms with Crippen molar-refractivity contribution in [3.63, 3.8) is 0 Å². The molecule has 0 saturated carbocycles. The van der Waals surface area contributed by atoms with E-state index in [4.69, 9.17) is 4.28 Å². The summed E-state index contributed by atoms with van der Waals surface area (Å²) in [5, 5.41) is 4.50. The number of hydrogen-bond acceptors (Lipinski definition) is 5. The fourth-order valence-electron chi connectivity index (χ4n) is 1.79. The second kappa shape index (κ2) is 8.17. The zero-order chi connectivity index (χ0) is 16.7. The summed E-state index contributed by atoms with van der Waals surface area (Å²) in [6.45, 7) is 3.90. The quantitative estimate of drug-likeness (QED) is 0.331. The Balaban J connectivity index is 2.14. The average Bonchev–Trinajstić information content (AvgIpc) is 2.54. The lowest BCUT2D eigenvalue weighted by Gasteiger charge is -2.06. The van der Waals surface area contributed by atoms with E-state index in [2.05, 4.69) is 5.16 Å². The third-order valence-corrected chi connectivity index (χ3v) is 5.13. The Kier molecular flexibility index (Phi) is 6.24. The molecule has 4 nitrogen and oxygen atoms in total. The molecule has 0 aliphatic heterocycles. The largest absolute Gasteiger partial charge is 0.358 e. The van der Waals surface area contributed by atoms with Crippen LogP contribution in [0.15, 0.2) is 69.5 Å². The predicted octanol–water partition coefficient (Wildman–Crippen LogP) is 4.61. The first-order chi connectivity index (χ1) is 11.0. The number of benzene rings is 2. The second-order valence-electron chi connectivity index (χ2n) is 4.99. The molecule has 0 saturated heterocycles. The second-order valence-corrected chi connectivity index (χ2v) is 7.67. The monoisotopic (exact) mass is 349 g/mol. The molecule has 0 aromatic heterocycles. The van der Waals surface area contributed by atoms with Crippen molar-refractivity contribution in [3.05, 3.63) is 60.2 Å². The Bertz CT molecular complexity index is 754. The third kappa shape index (κ3) is 5.41. The summed E-state index contributed by atoms with van der Waals surface area (Å²) in [7, 11) is -3.88. The standard InChI is InChI=1S/C17H19NO3S2/c1-3-7-17(22-15-8-5-4-6-9-15)18-21-23(19,20)16-12-10-14(2)11-13-16/h4-6,8-13H,3,7H2,1-2H3. The molecule has 2 aromatic rings. The minimum Gasteiger partial charge on any atom is -0.264 e. The highest BCUT2D eigenvalue weighted by atomic mass is 32.2. The number of thioether (sulfide) groups is 1. The molecule has 0 radical (unpaired) electrons. The summed E-state index contributed by atoms with van der Waals surface area (Å²) >= 11 is 1.41. The first-order valence-electron chi connectivity index (χ1n) is 7.31. The fraction of sp³-hybridized carbons (Fsp3) is 0.235. The molecule has 0 spiro atoms. The van der Waals surface area contributed by atoms with Crippen molar-refractivity contribution < 1.29 is 12.7 Å². The summed E-state index contributed by atoms with van der Waals surface area (Å²) in [5.41, 5.74) is 0.985. The lowest BCUT2D eigenvalue weighted by molar-refractivity contribution is 0.339. The van der Waals surface area contributed by atoms with Crippen LogP contribution < -0.4 is 0 Å². The Labute approximate surface area is 141 Å². The minimum atomic E-state index is -3.88. The van der Waals surface area contributed by atoms with Crippen molar-refractivity contribution in [2.24, 2.45) is 5.16 Å². The van der Waals surface area contributed by atoms with Gasteiger partial charge < -0.3 is 0 Å². The van der Waals surface area contributed by atoms with E-state index in [1.54, 1.807) is 12.1 Å². The summed E-state index contributed by atoms with van der Waals surface area (Å²) in [5.74, 6) is 0. The van der Waals surface area contributed by atoms with E-state index in [1.807, 2.05) is 44.2 Å². The van der Waals surface area contributed by atoms with Gasteiger partial charge in [-0.2, -0.15) is 8.42 Å². The van der Waals surface area contributed by atoms with Crippen LogP contribution in [0.3, 0.4) is 0 Å². The lowest BCUT2D eigenvalue weighted by Crippen LogP contribution is -2.04. The van der Waals surface area contributed by atoms with Gasteiger partial charge in [0.25, 0.3) is 0 Å². The summed E-state index contributed by atoms with van der Waals surface area (Å²) in [6, 6.07) is 16.2. The van der Waals surface area contributed by atoms with Crippen molar-refractivity contribution in [1.82, 2.24) is 0 Å². The molecule has 0 atom stereocenters. The molecular weight excluding hydrogens is 330 g/mol. The van der Waals surface area contributed by atoms with Crippen LogP contribution in [-0.2, 0) is 14.4 Å². The number of hydrogen-bond donors (Lipinski definition) is 0. The molecule has 0 heterocycles. The number of rotatable bonds is 6. The Morgan fingerprint density at radius 2 is 1.74 bits per heavy atom. The molecular formula is C17H19NO3S2. The highest BCUT2D eigenvalue weighted by molar-refractivity contribution is 8.14. The highest BCUT2D eigenvalue weighted by Crippen LogP contribution is 2.23. The number of aryl methyl sites for hydroxylation is 1. The zero-order valence-corrected chi connectivity index (χ0v) is 14.7. The first-order valence-corrected chi connectivity index (χ1v) is 9.54. The maximum Gasteiger partial charge on any atom is 0.358 e. The van der Waals surface area contributed by atoms with Gasteiger partial charge in [-0.05, 0) is 44.0 Å². The van der Waals surface area contributed by atoms with E-state index in [1.165, 1.54) is 23.9 Å². The van der Waals surface area contributed by atoms with Crippen LogP contribution in [0, 0.1) is 6.92 Å². The van der Waals surface area contributed by atoms with Gasteiger partial charge in [0.15, 0.2) is 0 Å². The molecule has 6 heteroatoms. The zero-order valence-electron chi connectivity index (χ0n) is 13.1. The Morgan fingerprint density at radius 3 is 2.35 bits per heavy atom. The van der Waals surface area contributed by atoms with E-state index in [0.717, 1.165) is 16.9 Å². The molecule has 2 rings (SSSR count). The molecule has 0 unspecified atom stereocenters. The van der Waals surface area contributed by atoms with Crippen LogP contribution in [-0.4, -0.2) is 13.5 Å². The number of nitrogens with zero attached hydrogens (tertiary/aromatic N) is 1. The average molecular weight is 349 g/mol. The smallest absolute Gasteiger partial charge is 0.264 e.